The molecule has 3 atom stereocenters. The summed E-state index contributed by atoms with van der Waals surface area (Å²) < 4.78 is 43.8. The second-order valence-corrected chi connectivity index (χ2v) is 13.5. The maximum Gasteiger partial charge on any atom is 0.371 e. The molecule has 0 aliphatic carbocycles. The van der Waals surface area contributed by atoms with E-state index in [0.29, 0.717) is 6.61 Å². The van der Waals surface area contributed by atoms with Crippen molar-refractivity contribution < 1.29 is 42.5 Å². The van der Waals surface area contributed by atoms with E-state index < -0.39 is 26.9 Å². The third kappa shape index (κ3) is 19.0. The van der Waals surface area contributed by atoms with Gasteiger partial charge in [-0.15, -0.1) is 0 Å². The van der Waals surface area contributed by atoms with Crippen LogP contribution >= 0.6 is 15.2 Å². The molecule has 212 valence electrons. The van der Waals surface area contributed by atoms with Gasteiger partial charge in [0.1, 0.15) is 6.10 Å². The molecular formula is C24H52O9P2. The van der Waals surface area contributed by atoms with Gasteiger partial charge < -0.3 is 33.4 Å². The molecule has 0 bridgehead atoms. The molecule has 0 aromatic heterocycles. The molecular weight excluding hydrogens is 494 g/mol. The summed E-state index contributed by atoms with van der Waals surface area (Å²) in [5.41, 5.74) is -2.54. The normalized spacial score (nSPS) is 15.7. The van der Waals surface area contributed by atoms with Gasteiger partial charge in [0.15, 0.2) is 0 Å². The monoisotopic (exact) mass is 546 g/mol. The summed E-state index contributed by atoms with van der Waals surface area (Å²) in [6.07, 6.45) is 20.3. The van der Waals surface area contributed by atoms with Crippen LogP contribution in [0.15, 0.2) is 0 Å². The first-order valence-corrected chi connectivity index (χ1v) is 16.6. The second kappa shape index (κ2) is 22.2. The number of aliphatic hydroxyl groups is 1. The Morgan fingerprint density at radius 2 is 1.11 bits per heavy atom. The Morgan fingerprint density at radius 1 is 0.686 bits per heavy atom. The van der Waals surface area contributed by atoms with Gasteiger partial charge in [-0.3, -0.25) is 9.13 Å². The summed E-state index contributed by atoms with van der Waals surface area (Å²) in [6.45, 7) is 2.70. The Bertz CT molecular complexity index is 571. The third-order valence-electron chi connectivity index (χ3n) is 6.06. The second-order valence-electron chi connectivity index (χ2n) is 9.19. The maximum atomic E-state index is 12.3. The van der Waals surface area contributed by atoms with Crippen molar-refractivity contribution in [3.63, 3.8) is 0 Å². The molecule has 0 saturated carbocycles. The summed E-state index contributed by atoms with van der Waals surface area (Å²) >= 11 is 0. The number of unbranched alkanes of at least 4 members (excludes halogenated alkanes) is 15. The average Bonchev–Trinajstić information content (AvgIpc) is 2.83. The van der Waals surface area contributed by atoms with E-state index in [9.17, 15) is 14.2 Å². The molecule has 0 spiro atoms. The lowest BCUT2D eigenvalue weighted by Crippen LogP contribution is -2.25. The Balaban J connectivity index is 3.64. The molecule has 0 aromatic rings. The first-order chi connectivity index (χ1) is 16.7. The first-order valence-electron chi connectivity index (χ1n) is 13.3. The van der Waals surface area contributed by atoms with Crippen molar-refractivity contribution in [3.05, 3.63) is 0 Å². The van der Waals surface area contributed by atoms with Crippen molar-refractivity contribution in [2.24, 2.45) is 0 Å². The van der Waals surface area contributed by atoms with Gasteiger partial charge in [0.2, 0.25) is 0 Å². The number of ether oxygens (including phenoxy) is 2. The zero-order chi connectivity index (χ0) is 26.4. The molecule has 0 heterocycles. The summed E-state index contributed by atoms with van der Waals surface area (Å²) in [6, 6.07) is 0. The number of hydrogen-bond donors (Lipinski definition) is 3. The summed E-state index contributed by atoms with van der Waals surface area (Å²) in [5.74, 6) is 0. The number of methoxy groups -OCH3 is 1. The van der Waals surface area contributed by atoms with E-state index in [1.165, 1.54) is 97.0 Å². The minimum atomic E-state index is -5.05. The van der Waals surface area contributed by atoms with Gasteiger partial charge in [-0.2, -0.15) is 0 Å². The SMILES string of the molecule is CCCCCCCCCCCCCCCCCCOC[C@@H](COP(=O)(OC)C(O)P(=O)(O)O)OC. The minimum absolute atomic E-state index is 0.172. The highest BCUT2D eigenvalue weighted by atomic mass is 31.2. The highest BCUT2D eigenvalue weighted by molar-refractivity contribution is 7.71. The largest absolute Gasteiger partial charge is 0.379 e. The quantitative estimate of drug-likeness (QED) is 0.0812. The lowest BCUT2D eigenvalue weighted by Gasteiger charge is -2.24. The lowest BCUT2D eigenvalue weighted by atomic mass is 10.0. The summed E-state index contributed by atoms with van der Waals surface area (Å²) in [4.78, 5) is 18.0. The van der Waals surface area contributed by atoms with Crippen molar-refractivity contribution >= 4 is 15.2 Å². The van der Waals surface area contributed by atoms with Crippen LogP contribution in [0, 0.1) is 0 Å². The standard InChI is InChI=1S/C24H52O9P2/c1-4-5-6-7-8-9-10-11-12-13-14-15-16-17-18-19-20-32-21-23(30-2)22-33-35(29,31-3)24(25)34(26,27)28/h23-25H,4-22H2,1-3H3,(H2,26,27,28)/t23-,24?,35?/m0/s1. The lowest BCUT2D eigenvalue weighted by molar-refractivity contribution is -0.0188. The first kappa shape index (κ1) is 35.2. The predicted molar refractivity (Wildman–Crippen MR) is 140 cm³/mol. The van der Waals surface area contributed by atoms with Crippen molar-refractivity contribution in [1.82, 2.24) is 0 Å². The molecule has 0 radical (unpaired) electrons. The highest BCUT2D eigenvalue weighted by Crippen LogP contribution is 2.64. The fourth-order valence-corrected chi connectivity index (χ4v) is 6.49. The van der Waals surface area contributed by atoms with Crippen molar-refractivity contribution in [3.8, 4) is 0 Å². The van der Waals surface area contributed by atoms with Crippen LogP contribution in [-0.4, -0.2) is 60.6 Å². The molecule has 0 saturated heterocycles. The van der Waals surface area contributed by atoms with Crippen LogP contribution in [0.25, 0.3) is 0 Å². The van der Waals surface area contributed by atoms with Gasteiger partial charge in [0.25, 0.3) is 5.59 Å². The van der Waals surface area contributed by atoms with E-state index in [-0.39, 0.29) is 13.2 Å². The van der Waals surface area contributed by atoms with Crippen LogP contribution in [0.5, 0.6) is 0 Å². The molecule has 3 N–H and O–H groups in total. The van der Waals surface area contributed by atoms with Gasteiger partial charge in [-0.25, -0.2) is 0 Å². The van der Waals surface area contributed by atoms with E-state index in [0.717, 1.165) is 20.0 Å². The highest BCUT2D eigenvalue weighted by Gasteiger charge is 2.46. The van der Waals surface area contributed by atoms with Crippen LogP contribution in [0.3, 0.4) is 0 Å². The smallest absolute Gasteiger partial charge is 0.371 e. The fraction of sp³-hybridized carbons (Fsp3) is 1.00. The van der Waals surface area contributed by atoms with Crippen molar-refractivity contribution in [1.29, 1.82) is 0 Å². The molecule has 2 unspecified atom stereocenters. The number of rotatable bonds is 26. The van der Waals surface area contributed by atoms with Gasteiger partial charge >= 0.3 is 15.2 Å². The predicted octanol–water partition coefficient (Wildman–Crippen LogP) is 6.59. The Morgan fingerprint density at radius 3 is 1.49 bits per heavy atom. The number of hydrogen-bond acceptors (Lipinski definition) is 7. The van der Waals surface area contributed by atoms with Gasteiger partial charge in [-0.05, 0) is 6.42 Å². The molecule has 0 aromatic carbocycles. The van der Waals surface area contributed by atoms with Crippen molar-refractivity contribution in [2.75, 3.05) is 34.0 Å². The minimum Gasteiger partial charge on any atom is -0.379 e. The van der Waals surface area contributed by atoms with Gasteiger partial charge in [0.05, 0.1) is 13.2 Å². The van der Waals surface area contributed by atoms with Crippen molar-refractivity contribution in [2.45, 2.75) is 121 Å². The summed E-state index contributed by atoms with van der Waals surface area (Å²) in [5, 5.41) is 9.58. The zero-order valence-corrected chi connectivity index (χ0v) is 24.1. The third-order valence-corrected chi connectivity index (χ3v) is 9.99. The molecule has 0 rings (SSSR count). The molecule has 0 aliphatic rings. The Kier molecular flexibility index (Phi) is 22.3. The molecule has 35 heavy (non-hydrogen) atoms. The van der Waals surface area contributed by atoms with E-state index in [1.807, 2.05) is 0 Å². The molecule has 0 fully saturated rings. The zero-order valence-electron chi connectivity index (χ0n) is 22.3. The van der Waals surface area contributed by atoms with Crippen LogP contribution < -0.4 is 0 Å². The molecule has 0 amide bonds. The molecule has 9 nitrogen and oxygen atoms in total. The Hall–Kier alpha value is 0.180. The van der Waals surface area contributed by atoms with E-state index in [2.05, 4.69) is 11.4 Å². The Labute approximate surface area is 213 Å². The van der Waals surface area contributed by atoms with E-state index >= 15 is 0 Å². The summed E-state index contributed by atoms with van der Waals surface area (Å²) in [7, 11) is -7.08. The molecule has 11 heteroatoms. The number of aliphatic hydroxyl groups excluding tert-OH is 1. The fourth-order valence-electron chi connectivity index (χ4n) is 3.74. The van der Waals surface area contributed by atoms with E-state index in [4.69, 9.17) is 23.8 Å². The molecule has 0 aliphatic heterocycles. The van der Waals surface area contributed by atoms with Gasteiger partial charge in [-0.1, -0.05) is 103 Å². The van der Waals surface area contributed by atoms with Gasteiger partial charge in [0, 0.05) is 20.8 Å². The topological polar surface area (TPSA) is 132 Å². The van der Waals surface area contributed by atoms with Crippen LogP contribution in [-0.2, 0) is 27.7 Å². The van der Waals surface area contributed by atoms with Crippen LogP contribution in [0.1, 0.15) is 110 Å². The average molecular weight is 547 g/mol. The van der Waals surface area contributed by atoms with Crippen LogP contribution in [0.4, 0.5) is 0 Å². The van der Waals surface area contributed by atoms with Crippen LogP contribution in [0.2, 0.25) is 0 Å². The van der Waals surface area contributed by atoms with E-state index in [1.54, 1.807) is 0 Å². The maximum absolute atomic E-state index is 12.3.